The number of rotatable bonds is 8. The second-order valence-corrected chi connectivity index (χ2v) is 9.10. The van der Waals surface area contributed by atoms with Crippen molar-refractivity contribution in [2.45, 2.75) is 20.8 Å². The Morgan fingerprint density at radius 3 is 2.46 bits per heavy atom. The number of carbonyl (C=O) groups excluding carboxylic acids is 3. The lowest BCUT2D eigenvalue weighted by Gasteiger charge is -2.05. The van der Waals surface area contributed by atoms with Crippen molar-refractivity contribution in [2.24, 2.45) is 0 Å². The molecule has 0 fully saturated rings. The van der Waals surface area contributed by atoms with Gasteiger partial charge in [0.2, 0.25) is 5.91 Å². The van der Waals surface area contributed by atoms with Crippen molar-refractivity contribution in [2.75, 3.05) is 11.9 Å². The second-order valence-electron chi connectivity index (χ2n) is 8.08. The van der Waals surface area contributed by atoms with Crippen LogP contribution in [0.5, 0.6) is 0 Å². The summed E-state index contributed by atoms with van der Waals surface area (Å²) in [5.41, 5.74) is 3.33. The molecular formula is C28H24FN3O4S. The van der Waals surface area contributed by atoms with Crippen LogP contribution in [0.25, 0.3) is 23.0 Å². The summed E-state index contributed by atoms with van der Waals surface area (Å²) in [5.74, 6) is -1.68. The molecule has 2 aromatic carbocycles. The maximum atomic E-state index is 13.5. The van der Waals surface area contributed by atoms with Crippen LogP contribution in [-0.2, 0) is 9.53 Å². The first-order chi connectivity index (χ1) is 17.8. The molecule has 0 unspecified atom stereocenters. The average Bonchev–Trinajstić information content (AvgIpc) is 3.45. The van der Waals surface area contributed by atoms with Crippen LogP contribution in [0.3, 0.4) is 0 Å². The fraction of sp³-hybridized carbons (Fsp3) is 0.143. The molecule has 2 aromatic heterocycles. The van der Waals surface area contributed by atoms with E-state index in [2.05, 4.69) is 10.4 Å². The molecule has 0 spiro atoms. The van der Waals surface area contributed by atoms with E-state index in [4.69, 9.17) is 4.74 Å². The molecule has 4 aromatic rings. The first kappa shape index (κ1) is 25.7. The highest BCUT2D eigenvalue weighted by Gasteiger charge is 2.25. The Morgan fingerprint density at radius 2 is 1.81 bits per heavy atom. The molecule has 188 valence electrons. The topological polar surface area (TPSA) is 90.3 Å². The number of para-hydroxylation sites is 1. The normalized spacial score (nSPS) is 11.0. The first-order valence-electron chi connectivity index (χ1n) is 11.5. The van der Waals surface area contributed by atoms with Crippen molar-refractivity contribution in [3.05, 3.63) is 94.3 Å². The number of ether oxygens (including phenoxy) is 1. The molecule has 0 saturated carbocycles. The van der Waals surface area contributed by atoms with Gasteiger partial charge in [-0.25, -0.2) is 13.9 Å². The Labute approximate surface area is 217 Å². The minimum Gasteiger partial charge on any atom is -0.462 e. The molecule has 37 heavy (non-hydrogen) atoms. The van der Waals surface area contributed by atoms with Crippen molar-refractivity contribution >= 4 is 40.1 Å². The number of aromatic nitrogens is 2. The highest BCUT2D eigenvalue weighted by Crippen LogP contribution is 2.34. The number of amides is 1. The van der Waals surface area contributed by atoms with E-state index in [-0.39, 0.29) is 28.8 Å². The van der Waals surface area contributed by atoms with Crippen LogP contribution < -0.4 is 5.32 Å². The van der Waals surface area contributed by atoms with E-state index in [0.717, 1.165) is 17.0 Å². The zero-order valence-corrected chi connectivity index (χ0v) is 21.3. The summed E-state index contributed by atoms with van der Waals surface area (Å²) in [4.78, 5) is 37.8. The third kappa shape index (κ3) is 5.73. The maximum Gasteiger partial charge on any atom is 0.341 e. The molecule has 1 amide bonds. The Hall–Kier alpha value is -4.37. The standard InChI is InChI=1S/C28H24FN3O4S/c1-4-36-28(35)24-17(2)26(18(3)33)37-27(24)30-23(34)15-12-20-16-32(22-8-6-5-7-9-22)31-25(20)19-10-13-21(29)14-11-19/h5-16H,4H2,1-3H3,(H,30,34). The molecule has 0 aliphatic heterocycles. The quantitative estimate of drug-likeness (QED) is 0.174. The molecule has 1 N–H and O–H groups in total. The molecule has 9 heteroatoms. The predicted octanol–water partition coefficient (Wildman–Crippen LogP) is 6.08. The summed E-state index contributed by atoms with van der Waals surface area (Å²) >= 11 is 1.03. The van der Waals surface area contributed by atoms with Crippen molar-refractivity contribution in [1.29, 1.82) is 0 Å². The summed E-state index contributed by atoms with van der Waals surface area (Å²) in [6, 6.07) is 15.4. The van der Waals surface area contributed by atoms with Gasteiger partial charge in [0.05, 0.1) is 28.4 Å². The van der Waals surface area contributed by atoms with Gasteiger partial charge in [-0.15, -0.1) is 11.3 Å². The van der Waals surface area contributed by atoms with E-state index >= 15 is 0 Å². The number of nitrogens with one attached hydrogen (secondary N) is 1. The number of carbonyl (C=O) groups is 3. The molecule has 0 aliphatic carbocycles. The molecule has 0 aliphatic rings. The molecule has 0 saturated heterocycles. The number of hydrogen-bond donors (Lipinski definition) is 1. The number of hydrogen-bond acceptors (Lipinski definition) is 6. The molecule has 7 nitrogen and oxygen atoms in total. The summed E-state index contributed by atoms with van der Waals surface area (Å²) in [6.45, 7) is 4.90. The number of anilines is 1. The smallest absolute Gasteiger partial charge is 0.341 e. The van der Waals surface area contributed by atoms with Crippen LogP contribution in [0.4, 0.5) is 9.39 Å². The van der Waals surface area contributed by atoms with Gasteiger partial charge in [-0.2, -0.15) is 5.10 Å². The van der Waals surface area contributed by atoms with Crippen molar-refractivity contribution < 1.29 is 23.5 Å². The number of thiophene rings is 1. The lowest BCUT2D eigenvalue weighted by Crippen LogP contribution is -2.12. The molecule has 2 heterocycles. The third-order valence-electron chi connectivity index (χ3n) is 5.48. The van der Waals surface area contributed by atoms with Gasteiger partial charge >= 0.3 is 5.97 Å². The molecule has 0 atom stereocenters. The first-order valence-corrected chi connectivity index (χ1v) is 12.3. The minimum atomic E-state index is -0.606. The predicted molar refractivity (Wildman–Crippen MR) is 142 cm³/mol. The highest BCUT2D eigenvalue weighted by molar-refractivity contribution is 7.18. The molecule has 4 rings (SSSR count). The van der Waals surface area contributed by atoms with E-state index in [9.17, 15) is 18.8 Å². The van der Waals surface area contributed by atoms with E-state index in [0.29, 0.717) is 27.3 Å². The number of benzene rings is 2. The largest absolute Gasteiger partial charge is 0.462 e. The second kappa shape index (κ2) is 11.1. The van der Waals surface area contributed by atoms with Gasteiger partial charge in [0.1, 0.15) is 10.8 Å². The minimum absolute atomic E-state index is 0.161. The zero-order chi connectivity index (χ0) is 26.5. The van der Waals surface area contributed by atoms with Crippen molar-refractivity contribution in [3.8, 4) is 16.9 Å². The summed E-state index contributed by atoms with van der Waals surface area (Å²) in [7, 11) is 0. The van der Waals surface area contributed by atoms with Gasteiger partial charge in [-0.1, -0.05) is 18.2 Å². The summed E-state index contributed by atoms with van der Waals surface area (Å²) in [6.07, 6.45) is 4.68. The van der Waals surface area contributed by atoms with E-state index in [1.54, 1.807) is 42.9 Å². The van der Waals surface area contributed by atoms with Crippen molar-refractivity contribution in [1.82, 2.24) is 9.78 Å². The van der Waals surface area contributed by atoms with Crippen LogP contribution in [0, 0.1) is 12.7 Å². The van der Waals surface area contributed by atoms with Gasteiger partial charge in [0.25, 0.3) is 0 Å². The van der Waals surface area contributed by atoms with E-state index in [1.165, 1.54) is 25.1 Å². The fourth-order valence-corrected chi connectivity index (χ4v) is 4.85. The van der Waals surface area contributed by atoms with Gasteiger partial charge in [-0.3, -0.25) is 9.59 Å². The number of Topliss-reactive ketones (excluding diaryl/α,β-unsaturated/α-hetero) is 1. The Bertz CT molecular complexity index is 1490. The molecular weight excluding hydrogens is 493 g/mol. The molecule has 0 bridgehead atoms. The highest BCUT2D eigenvalue weighted by atomic mass is 32.1. The van der Waals surface area contributed by atoms with Gasteiger partial charge in [-0.05, 0) is 68.8 Å². The Balaban J connectivity index is 1.66. The third-order valence-corrected chi connectivity index (χ3v) is 6.79. The van der Waals surface area contributed by atoms with Crippen LogP contribution >= 0.6 is 11.3 Å². The van der Waals surface area contributed by atoms with E-state index in [1.807, 2.05) is 30.3 Å². The number of ketones is 1. The Kier molecular flexibility index (Phi) is 7.74. The van der Waals surface area contributed by atoms with Crippen LogP contribution in [0.1, 0.15) is 45.0 Å². The zero-order valence-electron chi connectivity index (χ0n) is 20.4. The van der Waals surface area contributed by atoms with Crippen molar-refractivity contribution in [3.63, 3.8) is 0 Å². The van der Waals surface area contributed by atoms with Crippen LogP contribution in [-0.4, -0.2) is 34.0 Å². The van der Waals surface area contributed by atoms with Crippen LogP contribution in [0.15, 0.2) is 66.9 Å². The fourth-order valence-electron chi connectivity index (χ4n) is 3.76. The lowest BCUT2D eigenvalue weighted by molar-refractivity contribution is -0.111. The monoisotopic (exact) mass is 517 g/mol. The number of halogens is 1. The van der Waals surface area contributed by atoms with Gasteiger partial charge in [0, 0.05) is 23.4 Å². The number of esters is 1. The lowest BCUT2D eigenvalue weighted by atomic mass is 10.1. The summed E-state index contributed by atoms with van der Waals surface area (Å²) < 4.78 is 20.3. The van der Waals surface area contributed by atoms with Gasteiger partial charge in [0.15, 0.2) is 5.78 Å². The van der Waals surface area contributed by atoms with E-state index < -0.39 is 11.9 Å². The Morgan fingerprint density at radius 1 is 1.11 bits per heavy atom. The average molecular weight is 518 g/mol. The maximum absolute atomic E-state index is 13.5. The SMILES string of the molecule is CCOC(=O)c1c(NC(=O)C=Cc2cn(-c3ccccc3)nc2-c2ccc(F)cc2)sc(C(C)=O)c1C. The van der Waals surface area contributed by atoms with Crippen LogP contribution in [0.2, 0.25) is 0 Å². The number of nitrogens with zero attached hydrogens (tertiary/aromatic N) is 2. The summed E-state index contributed by atoms with van der Waals surface area (Å²) in [5, 5.41) is 7.60. The van der Waals surface area contributed by atoms with Gasteiger partial charge < -0.3 is 10.1 Å². The molecule has 0 radical (unpaired) electrons.